The van der Waals surface area contributed by atoms with Crippen LogP contribution in [0.25, 0.3) is 0 Å². The molecule has 0 saturated heterocycles. The number of aryl methyl sites for hydroxylation is 1. The lowest BCUT2D eigenvalue weighted by Gasteiger charge is -2.20. The number of nitrogens with zero attached hydrogens (tertiary/aromatic N) is 1. The van der Waals surface area contributed by atoms with E-state index in [1.165, 1.54) is 0 Å². The summed E-state index contributed by atoms with van der Waals surface area (Å²) in [7, 11) is 3.95. The predicted molar refractivity (Wildman–Crippen MR) is 101 cm³/mol. The molecule has 25 heavy (non-hydrogen) atoms. The molecule has 0 aliphatic carbocycles. The standard InChI is InChI=1S/C19H31N3O3/c1-19(2,3)25-18(24)21-16-11-7-6-9-15(16)10-8-12-17(23)20-13-14-22(4)5/h6-7,9,11H,8,10,12-14H2,1-5H3,(H,20,23)(H,21,24). The number of hydrogen-bond acceptors (Lipinski definition) is 4. The Morgan fingerprint density at radius 1 is 1.16 bits per heavy atom. The van der Waals surface area contributed by atoms with E-state index in [0.29, 0.717) is 19.4 Å². The number of hydrogen-bond donors (Lipinski definition) is 2. The molecule has 0 unspecified atom stereocenters. The molecule has 0 bridgehead atoms. The largest absolute Gasteiger partial charge is 0.444 e. The van der Waals surface area contributed by atoms with E-state index in [4.69, 9.17) is 4.74 Å². The van der Waals surface area contributed by atoms with E-state index in [0.717, 1.165) is 24.2 Å². The van der Waals surface area contributed by atoms with Crippen molar-refractivity contribution in [2.75, 3.05) is 32.5 Å². The smallest absolute Gasteiger partial charge is 0.412 e. The number of anilines is 1. The second-order valence-electron chi connectivity index (χ2n) is 7.29. The third-order valence-corrected chi connectivity index (χ3v) is 3.38. The zero-order chi connectivity index (χ0) is 18.9. The highest BCUT2D eigenvalue weighted by Gasteiger charge is 2.17. The van der Waals surface area contributed by atoms with E-state index >= 15 is 0 Å². The van der Waals surface area contributed by atoms with Crippen LogP contribution in [-0.2, 0) is 16.0 Å². The number of para-hydroxylation sites is 1. The first-order valence-corrected chi connectivity index (χ1v) is 8.67. The van der Waals surface area contributed by atoms with Crippen LogP contribution in [0.3, 0.4) is 0 Å². The molecule has 1 aromatic rings. The monoisotopic (exact) mass is 349 g/mol. The molecule has 1 rings (SSSR count). The summed E-state index contributed by atoms with van der Waals surface area (Å²) in [6.45, 7) is 6.96. The van der Waals surface area contributed by atoms with Gasteiger partial charge in [-0.15, -0.1) is 0 Å². The molecule has 0 aliphatic heterocycles. The minimum Gasteiger partial charge on any atom is -0.444 e. The van der Waals surface area contributed by atoms with Gasteiger partial charge in [0.05, 0.1) is 0 Å². The Kier molecular flexibility index (Phi) is 8.41. The summed E-state index contributed by atoms with van der Waals surface area (Å²) in [6.07, 6.45) is 1.43. The number of likely N-dealkylation sites (N-methyl/N-ethyl adjacent to an activating group) is 1. The Hall–Kier alpha value is -2.08. The van der Waals surface area contributed by atoms with Crippen LogP contribution in [-0.4, -0.2) is 49.7 Å². The minimum atomic E-state index is -0.538. The quantitative estimate of drug-likeness (QED) is 0.757. The lowest BCUT2D eigenvalue weighted by atomic mass is 10.1. The summed E-state index contributed by atoms with van der Waals surface area (Å²) in [5.74, 6) is 0.0550. The fraction of sp³-hybridized carbons (Fsp3) is 0.579. The van der Waals surface area contributed by atoms with Crippen molar-refractivity contribution in [3.8, 4) is 0 Å². The van der Waals surface area contributed by atoms with Crippen molar-refractivity contribution in [3.05, 3.63) is 29.8 Å². The second-order valence-corrected chi connectivity index (χ2v) is 7.29. The van der Waals surface area contributed by atoms with Crippen LogP contribution >= 0.6 is 0 Å². The highest BCUT2D eigenvalue weighted by molar-refractivity contribution is 5.86. The van der Waals surface area contributed by atoms with Gasteiger partial charge in [-0.05, 0) is 59.3 Å². The Morgan fingerprint density at radius 2 is 1.84 bits per heavy atom. The van der Waals surface area contributed by atoms with Gasteiger partial charge in [0.25, 0.3) is 0 Å². The summed E-state index contributed by atoms with van der Waals surface area (Å²) >= 11 is 0. The first kappa shape index (κ1) is 21.0. The number of ether oxygens (including phenoxy) is 1. The maximum absolute atomic E-state index is 11.9. The van der Waals surface area contributed by atoms with Crippen LogP contribution in [0, 0.1) is 0 Å². The van der Waals surface area contributed by atoms with Crippen LogP contribution in [0.4, 0.5) is 10.5 Å². The molecule has 0 saturated carbocycles. The van der Waals surface area contributed by atoms with Crippen molar-refractivity contribution in [3.63, 3.8) is 0 Å². The van der Waals surface area contributed by atoms with Gasteiger partial charge in [0.15, 0.2) is 0 Å². The topological polar surface area (TPSA) is 70.7 Å². The van der Waals surface area contributed by atoms with E-state index in [-0.39, 0.29) is 5.91 Å². The van der Waals surface area contributed by atoms with Crippen LogP contribution in [0.15, 0.2) is 24.3 Å². The lowest BCUT2D eigenvalue weighted by molar-refractivity contribution is -0.121. The van der Waals surface area contributed by atoms with Crippen molar-refractivity contribution in [2.45, 2.75) is 45.6 Å². The summed E-state index contributed by atoms with van der Waals surface area (Å²) < 4.78 is 5.28. The van der Waals surface area contributed by atoms with Gasteiger partial charge in [0, 0.05) is 25.2 Å². The van der Waals surface area contributed by atoms with E-state index < -0.39 is 11.7 Å². The molecule has 6 nitrogen and oxygen atoms in total. The van der Waals surface area contributed by atoms with Crippen molar-refractivity contribution < 1.29 is 14.3 Å². The number of nitrogens with one attached hydrogen (secondary N) is 2. The molecule has 2 N–H and O–H groups in total. The Bertz CT molecular complexity index is 565. The first-order chi connectivity index (χ1) is 11.7. The molecular formula is C19H31N3O3. The molecule has 1 aromatic carbocycles. The van der Waals surface area contributed by atoms with Gasteiger partial charge in [-0.1, -0.05) is 18.2 Å². The van der Waals surface area contributed by atoms with Crippen molar-refractivity contribution in [1.29, 1.82) is 0 Å². The number of benzene rings is 1. The number of carbonyl (C=O) groups is 2. The summed E-state index contributed by atoms with van der Waals surface area (Å²) in [5, 5.41) is 5.69. The maximum Gasteiger partial charge on any atom is 0.412 e. The molecule has 0 atom stereocenters. The first-order valence-electron chi connectivity index (χ1n) is 8.67. The fourth-order valence-electron chi connectivity index (χ4n) is 2.22. The van der Waals surface area contributed by atoms with E-state index in [1.54, 1.807) is 0 Å². The number of amides is 2. The highest BCUT2D eigenvalue weighted by atomic mass is 16.6. The molecule has 0 radical (unpaired) electrons. The zero-order valence-corrected chi connectivity index (χ0v) is 16.0. The Balaban J connectivity index is 2.46. The van der Waals surface area contributed by atoms with Gasteiger partial charge >= 0.3 is 6.09 Å². The maximum atomic E-state index is 11.9. The van der Waals surface area contributed by atoms with Crippen LogP contribution < -0.4 is 10.6 Å². The van der Waals surface area contributed by atoms with E-state index in [9.17, 15) is 9.59 Å². The van der Waals surface area contributed by atoms with Gasteiger partial charge in [0.1, 0.15) is 5.60 Å². The highest BCUT2D eigenvalue weighted by Crippen LogP contribution is 2.19. The second kappa shape index (κ2) is 10.0. The molecule has 6 heteroatoms. The van der Waals surface area contributed by atoms with Crippen molar-refractivity contribution in [2.24, 2.45) is 0 Å². The van der Waals surface area contributed by atoms with E-state index in [1.807, 2.05) is 64.0 Å². The molecule has 140 valence electrons. The van der Waals surface area contributed by atoms with Gasteiger partial charge in [0.2, 0.25) is 5.91 Å². The SMILES string of the molecule is CN(C)CCNC(=O)CCCc1ccccc1NC(=O)OC(C)(C)C. The summed E-state index contributed by atoms with van der Waals surface area (Å²) in [6, 6.07) is 7.59. The molecule has 2 amide bonds. The van der Waals surface area contributed by atoms with Gasteiger partial charge in [-0.3, -0.25) is 10.1 Å². The summed E-state index contributed by atoms with van der Waals surface area (Å²) in [4.78, 5) is 25.8. The predicted octanol–water partition coefficient (Wildman–Crippen LogP) is 3.03. The molecule has 0 aromatic heterocycles. The van der Waals surface area contributed by atoms with Crippen LogP contribution in [0.2, 0.25) is 0 Å². The van der Waals surface area contributed by atoms with Crippen molar-refractivity contribution in [1.82, 2.24) is 10.2 Å². The minimum absolute atomic E-state index is 0.0550. The van der Waals surface area contributed by atoms with E-state index in [2.05, 4.69) is 10.6 Å². The normalized spacial score (nSPS) is 11.3. The molecule has 0 heterocycles. The van der Waals surface area contributed by atoms with Gasteiger partial charge < -0.3 is 15.0 Å². The third kappa shape index (κ3) is 9.72. The molecular weight excluding hydrogens is 318 g/mol. The average molecular weight is 349 g/mol. The molecule has 0 aliphatic rings. The fourth-order valence-corrected chi connectivity index (χ4v) is 2.22. The zero-order valence-electron chi connectivity index (χ0n) is 16.0. The third-order valence-electron chi connectivity index (χ3n) is 3.38. The number of carbonyl (C=O) groups excluding carboxylic acids is 2. The van der Waals surface area contributed by atoms with Crippen LogP contribution in [0.5, 0.6) is 0 Å². The Labute approximate surface area is 150 Å². The molecule has 0 fully saturated rings. The van der Waals surface area contributed by atoms with Gasteiger partial charge in [-0.2, -0.15) is 0 Å². The number of rotatable bonds is 8. The van der Waals surface area contributed by atoms with Gasteiger partial charge in [-0.25, -0.2) is 4.79 Å². The lowest BCUT2D eigenvalue weighted by Crippen LogP contribution is -2.31. The van der Waals surface area contributed by atoms with Crippen molar-refractivity contribution >= 4 is 17.7 Å². The summed E-state index contributed by atoms with van der Waals surface area (Å²) in [5.41, 5.74) is 1.18. The molecule has 0 spiro atoms. The van der Waals surface area contributed by atoms with Crippen LogP contribution in [0.1, 0.15) is 39.2 Å². The Morgan fingerprint density at radius 3 is 2.48 bits per heavy atom. The average Bonchev–Trinajstić information content (AvgIpc) is 2.46.